The standard InChI is InChI=1S/C19H25N5O4S/c1-4-23-14(3)17(13(2)22-23)12-20-18(25)19(26)21-15-7-5-8-16(11-15)24-9-6-10-29(24,27)28/h5,7-8,11H,4,6,9-10,12H2,1-3H3,(H,20,25)(H,21,26). The predicted octanol–water partition coefficient (Wildman–Crippen LogP) is 1.31. The van der Waals surface area contributed by atoms with Crippen molar-refractivity contribution >= 4 is 33.2 Å². The minimum atomic E-state index is -3.32. The maximum atomic E-state index is 12.2. The van der Waals surface area contributed by atoms with Gasteiger partial charge in [-0.3, -0.25) is 18.6 Å². The van der Waals surface area contributed by atoms with Crippen LogP contribution in [0.3, 0.4) is 0 Å². The molecule has 156 valence electrons. The minimum Gasteiger partial charge on any atom is -0.344 e. The summed E-state index contributed by atoms with van der Waals surface area (Å²) in [6.07, 6.45) is 0.564. The molecule has 1 saturated heterocycles. The molecule has 1 aromatic heterocycles. The lowest BCUT2D eigenvalue weighted by atomic mass is 10.2. The van der Waals surface area contributed by atoms with Crippen molar-refractivity contribution in [3.63, 3.8) is 0 Å². The molecule has 0 unspecified atom stereocenters. The Hall–Kier alpha value is -2.88. The van der Waals surface area contributed by atoms with Crippen molar-refractivity contribution in [2.24, 2.45) is 0 Å². The van der Waals surface area contributed by atoms with Crippen LogP contribution < -0.4 is 14.9 Å². The first-order valence-electron chi connectivity index (χ1n) is 9.45. The van der Waals surface area contributed by atoms with Crippen LogP contribution in [-0.2, 0) is 32.7 Å². The minimum absolute atomic E-state index is 0.111. The number of aromatic nitrogens is 2. The molecule has 1 fully saturated rings. The van der Waals surface area contributed by atoms with E-state index in [-0.39, 0.29) is 12.3 Å². The fourth-order valence-electron chi connectivity index (χ4n) is 3.40. The number of carbonyl (C=O) groups excluding carboxylic acids is 2. The number of sulfonamides is 1. The van der Waals surface area contributed by atoms with E-state index in [0.29, 0.717) is 24.3 Å². The van der Waals surface area contributed by atoms with Gasteiger partial charge in [0.2, 0.25) is 10.0 Å². The molecule has 0 atom stereocenters. The van der Waals surface area contributed by atoms with Crippen molar-refractivity contribution in [2.45, 2.75) is 40.3 Å². The van der Waals surface area contributed by atoms with Gasteiger partial charge >= 0.3 is 11.8 Å². The fourth-order valence-corrected chi connectivity index (χ4v) is 4.96. The average molecular weight is 420 g/mol. The first kappa shape index (κ1) is 20.8. The van der Waals surface area contributed by atoms with Crippen molar-refractivity contribution in [1.82, 2.24) is 15.1 Å². The zero-order valence-electron chi connectivity index (χ0n) is 16.7. The van der Waals surface area contributed by atoms with Gasteiger partial charge in [-0.25, -0.2) is 8.42 Å². The van der Waals surface area contributed by atoms with Gasteiger partial charge in [0.15, 0.2) is 0 Å². The van der Waals surface area contributed by atoms with E-state index in [4.69, 9.17) is 0 Å². The smallest absolute Gasteiger partial charge is 0.313 e. The summed E-state index contributed by atoms with van der Waals surface area (Å²) in [6.45, 7) is 7.10. The van der Waals surface area contributed by atoms with Crippen LogP contribution in [0, 0.1) is 13.8 Å². The molecule has 1 aliphatic rings. The molecule has 0 spiro atoms. The number of anilines is 2. The van der Waals surface area contributed by atoms with Crippen molar-refractivity contribution in [3.8, 4) is 0 Å². The molecule has 0 radical (unpaired) electrons. The molecule has 0 saturated carbocycles. The summed E-state index contributed by atoms with van der Waals surface area (Å²) in [7, 11) is -3.32. The van der Waals surface area contributed by atoms with E-state index < -0.39 is 21.8 Å². The van der Waals surface area contributed by atoms with Gasteiger partial charge in [0.05, 0.1) is 17.1 Å². The highest BCUT2D eigenvalue weighted by Crippen LogP contribution is 2.26. The summed E-state index contributed by atoms with van der Waals surface area (Å²) in [5.74, 6) is -1.48. The molecule has 2 aromatic rings. The SMILES string of the molecule is CCn1nc(C)c(CNC(=O)C(=O)Nc2cccc(N3CCCS3(=O)=O)c2)c1C. The molecule has 29 heavy (non-hydrogen) atoms. The quantitative estimate of drug-likeness (QED) is 0.710. The van der Waals surface area contributed by atoms with Crippen LogP contribution in [0.1, 0.15) is 30.3 Å². The molecule has 2 heterocycles. The Labute approximate surface area is 170 Å². The van der Waals surface area contributed by atoms with Crippen molar-refractivity contribution < 1.29 is 18.0 Å². The van der Waals surface area contributed by atoms with Gasteiger partial charge in [-0.1, -0.05) is 6.07 Å². The van der Waals surface area contributed by atoms with Gasteiger partial charge in [-0.05, 0) is 45.4 Å². The van der Waals surface area contributed by atoms with Crippen molar-refractivity contribution in [1.29, 1.82) is 0 Å². The number of hydrogen-bond acceptors (Lipinski definition) is 5. The van der Waals surface area contributed by atoms with E-state index in [0.717, 1.165) is 23.5 Å². The second-order valence-electron chi connectivity index (χ2n) is 6.89. The lowest BCUT2D eigenvalue weighted by molar-refractivity contribution is -0.136. The van der Waals surface area contributed by atoms with Gasteiger partial charge in [0, 0.05) is 36.6 Å². The number of nitrogens with zero attached hydrogens (tertiary/aromatic N) is 3. The molecule has 2 amide bonds. The summed E-state index contributed by atoms with van der Waals surface area (Å²) in [4.78, 5) is 24.5. The highest BCUT2D eigenvalue weighted by atomic mass is 32.2. The van der Waals surface area contributed by atoms with Gasteiger partial charge in [0.25, 0.3) is 0 Å². The lowest BCUT2D eigenvalue weighted by Gasteiger charge is -2.17. The van der Waals surface area contributed by atoms with E-state index in [1.807, 2.05) is 25.5 Å². The number of rotatable bonds is 5. The van der Waals surface area contributed by atoms with Crippen LogP contribution >= 0.6 is 0 Å². The largest absolute Gasteiger partial charge is 0.344 e. The van der Waals surface area contributed by atoms with Crippen LogP contribution in [0.15, 0.2) is 24.3 Å². The Morgan fingerprint density at radius 1 is 1.21 bits per heavy atom. The molecule has 9 nitrogen and oxygen atoms in total. The molecule has 0 aliphatic carbocycles. The topological polar surface area (TPSA) is 113 Å². The molecule has 1 aromatic carbocycles. The maximum absolute atomic E-state index is 12.2. The van der Waals surface area contributed by atoms with E-state index in [9.17, 15) is 18.0 Å². The highest BCUT2D eigenvalue weighted by molar-refractivity contribution is 7.93. The maximum Gasteiger partial charge on any atom is 0.313 e. The molecular formula is C19H25N5O4S. The monoisotopic (exact) mass is 419 g/mol. The predicted molar refractivity (Wildman–Crippen MR) is 110 cm³/mol. The van der Waals surface area contributed by atoms with Crippen molar-refractivity contribution in [2.75, 3.05) is 21.9 Å². The van der Waals surface area contributed by atoms with E-state index in [1.54, 1.807) is 24.3 Å². The third kappa shape index (κ3) is 4.42. The fraction of sp³-hybridized carbons (Fsp3) is 0.421. The zero-order valence-corrected chi connectivity index (χ0v) is 17.5. The number of nitrogens with one attached hydrogen (secondary N) is 2. The molecule has 3 rings (SSSR count). The number of amides is 2. The van der Waals surface area contributed by atoms with E-state index in [2.05, 4.69) is 15.7 Å². The zero-order chi connectivity index (χ0) is 21.2. The Bertz CT molecular complexity index is 1040. The van der Waals surface area contributed by atoms with Gasteiger partial charge in [0.1, 0.15) is 0 Å². The van der Waals surface area contributed by atoms with Gasteiger partial charge in [-0.2, -0.15) is 5.10 Å². The Balaban J connectivity index is 1.64. The molecule has 10 heteroatoms. The summed E-state index contributed by atoms with van der Waals surface area (Å²) in [6, 6.07) is 6.46. The summed E-state index contributed by atoms with van der Waals surface area (Å²) >= 11 is 0. The lowest BCUT2D eigenvalue weighted by Crippen LogP contribution is -2.35. The van der Waals surface area contributed by atoms with Gasteiger partial charge < -0.3 is 10.6 Å². The first-order valence-corrected chi connectivity index (χ1v) is 11.1. The van der Waals surface area contributed by atoms with Crippen LogP contribution in [0.4, 0.5) is 11.4 Å². The molecular weight excluding hydrogens is 394 g/mol. The number of carbonyl (C=O) groups is 2. The summed E-state index contributed by atoms with van der Waals surface area (Å²) in [5, 5.41) is 9.52. The third-order valence-electron chi connectivity index (χ3n) is 4.95. The van der Waals surface area contributed by atoms with E-state index >= 15 is 0 Å². The first-order chi connectivity index (χ1) is 13.7. The Kier molecular flexibility index (Phi) is 5.92. The van der Waals surface area contributed by atoms with Crippen LogP contribution in [-0.4, -0.2) is 42.3 Å². The normalized spacial score (nSPS) is 15.3. The summed E-state index contributed by atoms with van der Waals surface area (Å²) in [5.41, 5.74) is 3.47. The second-order valence-corrected chi connectivity index (χ2v) is 8.91. The molecule has 2 N–H and O–H groups in total. The number of benzene rings is 1. The van der Waals surface area contributed by atoms with Crippen molar-refractivity contribution in [3.05, 3.63) is 41.2 Å². The molecule has 1 aliphatic heterocycles. The van der Waals surface area contributed by atoms with Gasteiger partial charge in [-0.15, -0.1) is 0 Å². The average Bonchev–Trinajstić information content (AvgIpc) is 3.17. The van der Waals surface area contributed by atoms with Crippen LogP contribution in [0.25, 0.3) is 0 Å². The third-order valence-corrected chi connectivity index (χ3v) is 6.82. The second kappa shape index (κ2) is 8.24. The molecule has 0 bridgehead atoms. The summed E-state index contributed by atoms with van der Waals surface area (Å²) < 4.78 is 27.3. The Morgan fingerprint density at radius 2 is 1.97 bits per heavy atom. The van der Waals surface area contributed by atoms with Crippen LogP contribution in [0.2, 0.25) is 0 Å². The number of hydrogen-bond donors (Lipinski definition) is 2. The Morgan fingerprint density at radius 3 is 2.59 bits per heavy atom. The van der Waals surface area contributed by atoms with E-state index in [1.165, 1.54) is 4.31 Å². The van der Waals surface area contributed by atoms with Crippen LogP contribution in [0.5, 0.6) is 0 Å². The highest BCUT2D eigenvalue weighted by Gasteiger charge is 2.28. The number of aryl methyl sites for hydroxylation is 2.